The summed E-state index contributed by atoms with van der Waals surface area (Å²) in [4.78, 5) is 95.4. The van der Waals surface area contributed by atoms with Gasteiger partial charge < -0.3 is 35.4 Å². The summed E-state index contributed by atoms with van der Waals surface area (Å²) in [6.07, 6.45) is 3.38. The molecule has 0 saturated heterocycles. The number of carbonyl (C=O) groups is 5. The van der Waals surface area contributed by atoms with Crippen LogP contribution < -0.4 is 20.1 Å². The van der Waals surface area contributed by atoms with E-state index < -0.39 is 49.4 Å². The number of methoxy groups -OCH3 is 2. The van der Waals surface area contributed by atoms with Crippen molar-refractivity contribution in [1.29, 1.82) is 0 Å². The number of pyridine rings is 6. The Morgan fingerprint density at radius 3 is 1.11 bits per heavy atom. The van der Waals surface area contributed by atoms with Gasteiger partial charge in [0.2, 0.25) is 11.8 Å². The molecule has 0 radical (unpaired) electrons. The van der Waals surface area contributed by atoms with E-state index in [9.17, 15) is 39.3 Å². The zero-order valence-corrected chi connectivity index (χ0v) is 44.5. The number of ether oxygens (including phenoxy) is 2. The van der Waals surface area contributed by atoms with Crippen LogP contribution in [0.4, 0.5) is 0 Å². The van der Waals surface area contributed by atoms with Crippen molar-refractivity contribution in [2.75, 3.05) is 73.1 Å². The van der Waals surface area contributed by atoms with Crippen LogP contribution in [0.5, 0.6) is 11.5 Å². The van der Waals surface area contributed by atoms with Crippen LogP contribution in [0.25, 0.3) is 67.8 Å². The number of aromatic nitrogens is 6. The van der Waals surface area contributed by atoms with Gasteiger partial charge >= 0.3 is 17.9 Å². The average Bonchev–Trinajstić information content (AvgIpc) is 3.65. The second-order valence-electron chi connectivity index (χ2n) is 18.6. The summed E-state index contributed by atoms with van der Waals surface area (Å²) >= 11 is 0. The molecule has 8 rings (SSSR count). The number of carboxylic acids is 3. The zero-order chi connectivity index (χ0) is 57.1. The molecule has 21 heteroatoms. The standard InChI is InChI=1S/C60H59N11O10/c1-80-46-19-15-40(16-20-46)42-29-52(48-11-3-5-23-61-48)67-54(31-42)50-13-7-9-44(65-50)33-63-56(72)35-70(38-59(76)77)27-25-69(37-58(74)75)26-28-71(39-60(78)79)36-57(73)64-34-45-10-8-14-51(66-45)55-32-43(41-17-21-47(81-2)22-18-41)30-53(68-55)49-12-4-6-24-62-49/h3-24,29-32H,25-28,33-39H2,1-2H3,(H,63,72)(H,64,73)(H,74,75)(H,76,77)(H,78,79). The fourth-order valence-electron chi connectivity index (χ4n) is 8.69. The Bertz CT molecular complexity index is 3230. The first-order valence-corrected chi connectivity index (χ1v) is 25.7. The van der Waals surface area contributed by atoms with Crippen molar-refractivity contribution in [3.8, 4) is 79.3 Å². The Hall–Kier alpha value is -9.83. The Labute approximate surface area is 467 Å². The number of rotatable bonds is 28. The van der Waals surface area contributed by atoms with Crippen LogP contribution in [0.3, 0.4) is 0 Å². The molecule has 0 bridgehead atoms. The maximum absolute atomic E-state index is 13.4. The van der Waals surface area contributed by atoms with Crippen LogP contribution in [-0.2, 0) is 37.1 Å². The van der Waals surface area contributed by atoms with Crippen molar-refractivity contribution < 1.29 is 48.8 Å². The smallest absolute Gasteiger partial charge is 0.317 e. The summed E-state index contributed by atoms with van der Waals surface area (Å²) in [5.41, 5.74) is 9.43. The Morgan fingerprint density at radius 1 is 0.395 bits per heavy atom. The quantitative estimate of drug-likeness (QED) is 0.0367. The van der Waals surface area contributed by atoms with Crippen molar-refractivity contribution in [3.63, 3.8) is 0 Å². The van der Waals surface area contributed by atoms with E-state index in [1.807, 2.05) is 121 Å². The minimum absolute atomic E-state index is 0.00409. The molecular formula is C60H59N11O10. The Kier molecular flexibility index (Phi) is 19.9. The lowest BCUT2D eigenvalue weighted by atomic mass is 10.0. The number of benzene rings is 2. The van der Waals surface area contributed by atoms with E-state index in [1.165, 1.54) is 14.7 Å². The molecule has 0 aliphatic rings. The molecule has 6 heterocycles. The maximum atomic E-state index is 13.4. The van der Waals surface area contributed by atoms with Crippen LogP contribution in [0.2, 0.25) is 0 Å². The zero-order valence-electron chi connectivity index (χ0n) is 44.5. The Morgan fingerprint density at radius 2 is 0.753 bits per heavy atom. The molecule has 0 unspecified atom stereocenters. The number of hydrogen-bond donors (Lipinski definition) is 5. The van der Waals surface area contributed by atoms with Gasteiger partial charge in [-0.25, -0.2) is 19.9 Å². The third kappa shape index (κ3) is 17.1. The predicted molar refractivity (Wildman–Crippen MR) is 301 cm³/mol. The highest BCUT2D eigenvalue weighted by molar-refractivity contribution is 5.80. The van der Waals surface area contributed by atoms with Crippen LogP contribution in [0.15, 0.2) is 158 Å². The first-order valence-electron chi connectivity index (χ1n) is 25.7. The second-order valence-corrected chi connectivity index (χ2v) is 18.6. The average molecular weight is 1090 g/mol. The van der Waals surface area contributed by atoms with Crippen molar-refractivity contribution >= 4 is 29.7 Å². The normalized spacial score (nSPS) is 11.1. The van der Waals surface area contributed by atoms with Crippen molar-refractivity contribution in [1.82, 2.24) is 55.2 Å². The second kappa shape index (κ2) is 28.2. The first-order chi connectivity index (χ1) is 39.3. The van der Waals surface area contributed by atoms with Gasteiger partial charge in [-0.05, 0) is 119 Å². The number of carboxylic acid groups (broad SMARTS) is 3. The summed E-state index contributed by atoms with van der Waals surface area (Å²) in [5, 5.41) is 35.0. The molecule has 0 saturated carbocycles. The molecule has 2 aromatic carbocycles. The van der Waals surface area contributed by atoms with E-state index in [0.717, 1.165) is 22.3 Å². The van der Waals surface area contributed by atoms with Crippen molar-refractivity contribution in [2.24, 2.45) is 0 Å². The molecule has 0 aliphatic carbocycles. The predicted octanol–water partition coefficient (Wildman–Crippen LogP) is 6.17. The van der Waals surface area contributed by atoms with Gasteiger partial charge in [0, 0.05) is 38.6 Å². The molecule has 0 aliphatic heterocycles. The molecule has 2 amide bonds. The van der Waals surface area contributed by atoms with E-state index in [-0.39, 0.29) is 52.4 Å². The largest absolute Gasteiger partial charge is 0.497 e. The van der Waals surface area contributed by atoms with Crippen LogP contribution in [0, 0.1) is 0 Å². The van der Waals surface area contributed by atoms with Gasteiger partial charge in [-0.1, -0.05) is 48.5 Å². The van der Waals surface area contributed by atoms with E-state index in [2.05, 4.69) is 20.6 Å². The lowest BCUT2D eigenvalue weighted by Gasteiger charge is -2.28. The summed E-state index contributed by atoms with van der Waals surface area (Å²) in [6, 6.07) is 44.8. The van der Waals surface area contributed by atoms with E-state index >= 15 is 0 Å². The molecule has 0 fully saturated rings. The summed E-state index contributed by atoms with van der Waals surface area (Å²) < 4.78 is 10.7. The number of carbonyl (C=O) groups excluding carboxylic acids is 2. The minimum atomic E-state index is -1.21. The van der Waals surface area contributed by atoms with Gasteiger partial charge in [0.05, 0.1) is 117 Å². The highest BCUT2D eigenvalue weighted by atomic mass is 16.5. The SMILES string of the molecule is COc1ccc(-c2cc(-c3ccccn3)nc(-c3cccc(CNC(=O)CN(CCN(CCN(CC(=O)O)CC(=O)NCc4cccc(-c5cc(-c6ccc(OC)cc6)cc(-c6ccccn6)n5)n4)CC(=O)O)CC(=O)O)n3)c2)cc1. The summed E-state index contributed by atoms with van der Waals surface area (Å²) in [7, 11) is 3.21. The monoisotopic (exact) mass is 1090 g/mol. The number of aliphatic carboxylic acids is 3. The lowest BCUT2D eigenvalue weighted by Crippen LogP contribution is -2.47. The molecule has 414 valence electrons. The van der Waals surface area contributed by atoms with Gasteiger partial charge in [-0.15, -0.1) is 0 Å². The highest BCUT2D eigenvalue weighted by Crippen LogP contribution is 2.32. The van der Waals surface area contributed by atoms with Crippen LogP contribution in [0.1, 0.15) is 11.4 Å². The summed E-state index contributed by atoms with van der Waals surface area (Å²) in [6.45, 7) is -2.28. The molecule has 0 spiro atoms. The highest BCUT2D eigenvalue weighted by Gasteiger charge is 2.21. The number of nitrogens with one attached hydrogen (secondary N) is 2. The number of amides is 2. The molecule has 0 atom stereocenters. The van der Waals surface area contributed by atoms with Gasteiger partial charge in [0.15, 0.2) is 0 Å². The van der Waals surface area contributed by atoms with Crippen molar-refractivity contribution in [2.45, 2.75) is 13.1 Å². The van der Waals surface area contributed by atoms with E-state index in [0.29, 0.717) is 68.4 Å². The van der Waals surface area contributed by atoms with Gasteiger partial charge in [-0.3, -0.25) is 48.6 Å². The lowest BCUT2D eigenvalue weighted by molar-refractivity contribution is -0.141. The maximum Gasteiger partial charge on any atom is 0.317 e. The molecule has 21 nitrogen and oxygen atoms in total. The topological polar surface area (TPSA) is 276 Å². The van der Waals surface area contributed by atoms with Gasteiger partial charge in [0.25, 0.3) is 0 Å². The third-order valence-electron chi connectivity index (χ3n) is 12.7. The Balaban J connectivity index is 0.870. The molecule has 6 aromatic heterocycles. The molecular weight excluding hydrogens is 1030 g/mol. The van der Waals surface area contributed by atoms with E-state index in [4.69, 9.17) is 29.4 Å². The fraction of sp³-hybridized carbons (Fsp3) is 0.217. The molecule has 5 N–H and O–H groups in total. The third-order valence-corrected chi connectivity index (χ3v) is 12.7. The van der Waals surface area contributed by atoms with Crippen LogP contribution >= 0.6 is 0 Å². The molecule has 8 aromatic rings. The fourth-order valence-corrected chi connectivity index (χ4v) is 8.69. The van der Waals surface area contributed by atoms with E-state index in [1.54, 1.807) is 50.9 Å². The van der Waals surface area contributed by atoms with Crippen LogP contribution in [-0.4, -0.2) is 163 Å². The van der Waals surface area contributed by atoms with Crippen molar-refractivity contribution in [3.05, 3.63) is 169 Å². The minimum Gasteiger partial charge on any atom is -0.497 e. The van der Waals surface area contributed by atoms with Gasteiger partial charge in [-0.2, -0.15) is 0 Å². The molecule has 81 heavy (non-hydrogen) atoms. The number of nitrogens with zero attached hydrogens (tertiary/aromatic N) is 9. The first kappa shape index (κ1) is 57.3. The number of hydrogen-bond acceptors (Lipinski definition) is 16. The summed E-state index contributed by atoms with van der Waals surface area (Å²) in [5.74, 6) is -3.17. The van der Waals surface area contributed by atoms with Gasteiger partial charge in [0.1, 0.15) is 11.5 Å².